The molecule has 1 amide bonds. The Morgan fingerprint density at radius 2 is 2.14 bits per heavy atom. The molecule has 1 unspecified atom stereocenters. The summed E-state index contributed by atoms with van der Waals surface area (Å²) >= 11 is 0. The fraction of sp³-hybridized carbons (Fsp3) is 0.412. The molecule has 1 aromatic carbocycles. The van der Waals surface area contributed by atoms with Crippen LogP contribution in [0.2, 0.25) is 0 Å². The number of rotatable bonds is 6. The average Bonchev–Trinajstić information content (AvgIpc) is 3.42. The van der Waals surface area contributed by atoms with Crippen molar-refractivity contribution >= 4 is 5.91 Å². The highest BCUT2D eigenvalue weighted by molar-refractivity contribution is 5.92. The Balaban J connectivity index is 1.49. The van der Waals surface area contributed by atoms with Gasteiger partial charge >= 0.3 is 0 Å². The minimum Gasteiger partial charge on any atom is -0.383 e. The van der Waals surface area contributed by atoms with Crippen LogP contribution in [-0.4, -0.2) is 79.4 Å². The summed E-state index contributed by atoms with van der Waals surface area (Å²) in [5.74, 6) is 0.275. The van der Waals surface area contributed by atoms with Crippen molar-refractivity contribution in [3.63, 3.8) is 0 Å². The third-order valence-corrected chi connectivity index (χ3v) is 4.37. The summed E-state index contributed by atoms with van der Waals surface area (Å²) in [6, 6.07) is 9.41. The minimum atomic E-state index is -0.435. The molecule has 146 valence electrons. The molecule has 0 spiro atoms. The van der Waals surface area contributed by atoms with Gasteiger partial charge in [-0.3, -0.25) is 4.79 Å². The molecular weight excluding hydrogens is 364 g/mol. The van der Waals surface area contributed by atoms with Crippen molar-refractivity contribution in [2.75, 3.05) is 33.4 Å². The second-order valence-corrected chi connectivity index (χ2v) is 6.21. The molecule has 1 aliphatic heterocycles. The summed E-state index contributed by atoms with van der Waals surface area (Å²) in [6.45, 7) is 2.17. The molecule has 0 aliphatic carbocycles. The van der Waals surface area contributed by atoms with Gasteiger partial charge in [0.15, 0.2) is 5.69 Å². The number of hydrogen-bond acceptors (Lipinski definition) is 8. The van der Waals surface area contributed by atoms with Gasteiger partial charge in [-0.05, 0) is 17.3 Å². The van der Waals surface area contributed by atoms with E-state index in [1.54, 1.807) is 12.0 Å². The number of ether oxygens (including phenoxy) is 2. The van der Waals surface area contributed by atoms with Crippen LogP contribution in [0.15, 0.2) is 36.5 Å². The Labute approximate surface area is 160 Å². The zero-order valence-electron chi connectivity index (χ0n) is 15.4. The molecule has 1 atom stereocenters. The number of tetrazole rings is 1. The van der Waals surface area contributed by atoms with Crippen molar-refractivity contribution in [3.05, 3.63) is 48.0 Å². The van der Waals surface area contributed by atoms with Crippen LogP contribution < -0.4 is 0 Å². The highest BCUT2D eigenvalue weighted by atomic mass is 16.5. The number of benzene rings is 1. The van der Waals surface area contributed by atoms with Crippen LogP contribution in [0.1, 0.15) is 22.4 Å². The van der Waals surface area contributed by atoms with E-state index in [1.807, 2.05) is 30.3 Å². The largest absolute Gasteiger partial charge is 0.383 e. The van der Waals surface area contributed by atoms with E-state index in [1.165, 1.54) is 15.7 Å². The van der Waals surface area contributed by atoms with Crippen molar-refractivity contribution in [1.82, 2.24) is 40.1 Å². The first kappa shape index (κ1) is 18.2. The summed E-state index contributed by atoms with van der Waals surface area (Å²) in [5, 5.41) is 20.3. The van der Waals surface area contributed by atoms with Crippen molar-refractivity contribution in [3.8, 4) is 5.69 Å². The average molecular weight is 384 g/mol. The molecule has 1 saturated heterocycles. The Kier molecular flexibility index (Phi) is 5.35. The van der Waals surface area contributed by atoms with Crippen molar-refractivity contribution in [1.29, 1.82) is 0 Å². The quantitative estimate of drug-likeness (QED) is 0.589. The third-order valence-electron chi connectivity index (χ3n) is 4.37. The first-order valence-electron chi connectivity index (χ1n) is 8.90. The fourth-order valence-corrected chi connectivity index (χ4v) is 2.94. The van der Waals surface area contributed by atoms with Gasteiger partial charge in [-0.25, -0.2) is 4.68 Å². The van der Waals surface area contributed by atoms with E-state index in [2.05, 4.69) is 25.7 Å². The first-order valence-corrected chi connectivity index (χ1v) is 8.90. The molecule has 0 radical (unpaired) electrons. The molecule has 28 heavy (non-hydrogen) atoms. The minimum absolute atomic E-state index is 0.172. The highest BCUT2D eigenvalue weighted by Crippen LogP contribution is 2.20. The molecule has 3 aromatic rings. The van der Waals surface area contributed by atoms with Crippen molar-refractivity contribution < 1.29 is 14.3 Å². The predicted octanol–water partition coefficient (Wildman–Crippen LogP) is 0.114. The van der Waals surface area contributed by atoms with Crippen LogP contribution in [0.4, 0.5) is 0 Å². The topological polar surface area (TPSA) is 113 Å². The van der Waals surface area contributed by atoms with Gasteiger partial charge in [0, 0.05) is 13.7 Å². The lowest BCUT2D eigenvalue weighted by atomic mass is 10.2. The molecule has 4 rings (SSSR count). The molecular formula is C17H20N8O3. The van der Waals surface area contributed by atoms with Gasteiger partial charge in [-0.2, -0.15) is 4.80 Å². The Morgan fingerprint density at radius 1 is 1.29 bits per heavy atom. The highest BCUT2D eigenvalue weighted by Gasteiger charge is 2.30. The predicted molar refractivity (Wildman–Crippen MR) is 95.6 cm³/mol. The van der Waals surface area contributed by atoms with Crippen LogP contribution in [0.3, 0.4) is 0 Å². The maximum Gasteiger partial charge on any atom is 0.274 e. The maximum absolute atomic E-state index is 13.1. The van der Waals surface area contributed by atoms with Gasteiger partial charge in [0.25, 0.3) is 5.91 Å². The van der Waals surface area contributed by atoms with E-state index in [9.17, 15) is 4.79 Å². The molecule has 11 nitrogen and oxygen atoms in total. The summed E-state index contributed by atoms with van der Waals surface area (Å²) < 4.78 is 12.3. The Morgan fingerprint density at radius 3 is 2.96 bits per heavy atom. The van der Waals surface area contributed by atoms with Gasteiger partial charge in [-0.15, -0.1) is 15.3 Å². The number of methoxy groups -OCH3 is 1. The van der Waals surface area contributed by atoms with E-state index >= 15 is 0 Å². The van der Waals surface area contributed by atoms with E-state index < -0.39 is 6.10 Å². The molecule has 1 fully saturated rings. The number of nitrogens with zero attached hydrogens (tertiary/aromatic N) is 8. The molecule has 3 heterocycles. The van der Waals surface area contributed by atoms with Crippen LogP contribution in [0, 0.1) is 0 Å². The summed E-state index contributed by atoms with van der Waals surface area (Å²) in [5.41, 5.74) is 1.17. The number of morpholine rings is 1. The zero-order chi connectivity index (χ0) is 19.3. The maximum atomic E-state index is 13.1. The lowest BCUT2D eigenvalue weighted by molar-refractivity contribution is -0.0272. The normalized spacial score (nSPS) is 17.0. The summed E-state index contributed by atoms with van der Waals surface area (Å²) in [6.07, 6.45) is 1.04. The number of amides is 1. The van der Waals surface area contributed by atoms with Crippen LogP contribution in [0.5, 0.6) is 0 Å². The van der Waals surface area contributed by atoms with Crippen molar-refractivity contribution in [2.45, 2.75) is 12.6 Å². The van der Waals surface area contributed by atoms with E-state index in [4.69, 9.17) is 9.47 Å². The second kappa shape index (κ2) is 8.23. The van der Waals surface area contributed by atoms with Gasteiger partial charge in [-0.1, -0.05) is 23.4 Å². The molecule has 11 heteroatoms. The van der Waals surface area contributed by atoms with Crippen LogP contribution >= 0.6 is 0 Å². The van der Waals surface area contributed by atoms with Gasteiger partial charge in [0.2, 0.25) is 5.82 Å². The van der Waals surface area contributed by atoms with Crippen LogP contribution in [0.25, 0.3) is 5.69 Å². The smallest absolute Gasteiger partial charge is 0.274 e. The monoisotopic (exact) mass is 384 g/mol. The van der Waals surface area contributed by atoms with E-state index in [0.29, 0.717) is 44.4 Å². The fourth-order valence-electron chi connectivity index (χ4n) is 2.94. The van der Waals surface area contributed by atoms with Gasteiger partial charge in [0.05, 0.1) is 38.2 Å². The van der Waals surface area contributed by atoms with Crippen molar-refractivity contribution in [2.24, 2.45) is 0 Å². The van der Waals surface area contributed by atoms with E-state index in [-0.39, 0.29) is 5.91 Å². The summed E-state index contributed by atoms with van der Waals surface area (Å²) in [7, 11) is 1.61. The number of hydrogen-bond donors (Lipinski definition) is 0. The molecule has 0 saturated carbocycles. The standard InChI is InChI=1S/C17H20N8O3/c1-27-9-8-24-20-16(19-22-24)15-12-23(7-10-28-15)17(26)14-11-18-21-25(14)13-5-3-2-4-6-13/h2-6,11,15H,7-10,12H2,1H3. The zero-order valence-corrected chi connectivity index (χ0v) is 15.4. The number of carbonyl (C=O) groups excluding carboxylic acids is 1. The molecule has 2 aromatic heterocycles. The second-order valence-electron chi connectivity index (χ2n) is 6.21. The number of aromatic nitrogens is 7. The van der Waals surface area contributed by atoms with Gasteiger partial charge in [0.1, 0.15) is 6.10 Å². The molecule has 0 bridgehead atoms. The Bertz CT molecular complexity index is 925. The number of para-hydroxylation sites is 1. The first-order chi connectivity index (χ1) is 13.8. The van der Waals surface area contributed by atoms with E-state index in [0.717, 1.165) is 5.69 Å². The number of carbonyl (C=O) groups is 1. The summed E-state index contributed by atoms with van der Waals surface area (Å²) in [4.78, 5) is 16.2. The lowest BCUT2D eigenvalue weighted by Crippen LogP contribution is -2.43. The third kappa shape index (κ3) is 3.75. The van der Waals surface area contributed by atoms with Crippen LogP contribution in [-0.2, 0) is 16.0 Å². The van der Waals surface area contributed by atoms with Gasteiger partial charge < -0.3 is 14.4 Å². The Hall–Kier alpha value is -3.18. The molecule has 1 aliphatic rings. The lowest BCUT2D eigenvalue weighted by Gasteiger charge is -2.31. The molecule has 0 N–H and O–H groups in total. The SMILES string of the molecule is COCCn1nnc(C2CN(C(=O)c3cnnn3-c3ccccc3)CCO2)n1.